The highest BCUT2D eigenvalue weighted by atomic mass is 28.4. The van der Waals surface area contributed by atoms with E-state index in [2.05, 4.69) is 45.0 Å². The molecule has 3 heterocycles. The Kier molecular flexibility index (Phi) is 29.6. The van der Waals surface area contributed by atoms with Gasteiger partial charge in [0, 0.05) is 7.11 Å². The lowest BCUT2D eigenvalue weighted by molar-refractivity contribution is -0.371. The van der Waals surface area contributed by atoms with Crippen LogP contribution in [-0.4, -0.2) is 157 Å². The molecule has 0 saturated carbocycles. The summed E-state index contributed by atoms with van der Waals surface area (Å²) in [6.07, 6.45) is -23.1. The fraction of sp³-hybridized carbons (Fsp3) is 0.283. The minimum absolute atomic E-state index is 0.0358. The van der Waals surface area contributed by atoms with Gasteiger partial charge in [0.05, 0.1) is 74.1 Å². The van der Waals surface area contributed by atoms with E-state index < -0.39 is 142 Å². The molecule has 0 N–H and O–H groups in total. The lowest BCUT2D eigenvalue weighted by Gasteiger charge is -2.51. The summed E-state index contributed by atoms with van der Waals surface area (Å²) in [6, 6.07) is 97.8. The van der Waals surface area contributed by atoms with Gasteiger partial charge in [-0.15, -0.1) is 0 Å². The minimum Gasteiger partial charge on any atom is -0.452 e. The van der Waals surface area contributed by atoms with Crippen LogP contribution >= 0.6 is 0 Å². The van der Waals surface area contributed by atoms with Crippen molar-refractivity contribution in [2.24, 2.45) is 0 Å². The zero-order valence-corrected chi connectivity index (χ0v) is 68.9. The molecule has 14 rings (SSSR count). The van der Waals surface area contributed by atoms with Gasteiger partial charge in [0.1, 0.15) is 42.7 Å². The second kappa shape index (κ2) is 41.7. The maximum absolute atomic E-state index is 15.7. The normalized spacial score (nSPS) is 22.9. The van der Waals surface area contributed by atoms with E-state index in [4.69, 9.17) is 75.5 Å². The smallest absolute Gasteiger partial charge is 0.338 e. The Labute approximate surface area is 705 Å². The van der Waals surface area contributed by atoms with E-state index in [1.807, 2.05) is 165 Å². The summed E-state index contributed by atoms with van der Waals surface area (Å²) < 4.78 is 113. The number of hydrogen-bond donors (Lipinski definition) is 0. The van der Waals surface area contributed by atoms with Crippen LogP contribution in [0.1, 0.15) is 100 Å². The molecule has 121 heavy (non-hydrogen) atoms. The summed E-state index contributed by atoms with van der Waals surface area (Å²) >= 11 is 0. The molecule has 0 amide bonds. The number of rotatable bonds is 34. The van der Waals surface area contributed by atoms with Crippen molar-refractivity contribution in [2.45, 2.75) is 151 Å². The molecule has 0 aliphatic carbocycles. The van der Waals surface area contributed by atoms with Crippen molar-refractivity contribution in [1.82, 2.24) is 0 Å². The van der Waals surface area contributed by atoms with Gasteiger partial charge in [0.15, 0.2) is 49.4 Å². The Balaban J connectivity index is 0.952. The van der Waals surface area contributed by atoms with Gasteiger partial charge in [0.25, 0.3) is 8.32 Å². The van der Waals surface area contributed by atoms with E-state index >= 15 is 9.59 Å². The van der Waals surface area contributed by atoms with Crippen molar-refractivity contribution in [3.63, 3.8) is 0 Å². The predicted octanol–water partition coefficient (Wildman–Crippen LogP) is 15.2. The number of hydrogen-bond acceptors (Lipinski definition) is 21. The van der Waals surface area contributed by atoms with Crippen LogP contribution in [0.25, 0.3) is 0 Å². The molecule has 3 fully saturated rings. The van der Waals surface area contributed by atoms with Crippen LogP contribution in [0.5, 0.6) is 0 Å². The largest absolute Gasteiger partial charge is 0.452 e. The number of carbonyl (C=O) groups excluding carboxylic acids is 5. The molecule has 3 aliphatic heterocycles. The summed E-state index contributed by atoms with van der Waals surface area (Å²) in [5.74, 6) is -4.30. The minimum atomic E-state index is -3.61. The fourth-order valence-electron chi connectivity index (χ4n) is 15.3. The van der Waals surface area contributed by atoms with E-state index in [0.29, 0.717) is 0 Å². The maximum atomic E-state index is 15.7. The van der Waals surface area contributed by atoms with Crippen LogP contribution in [0.15, 0.2) is 328 Å². The van der Waals surface area contributed by atoms with E-state index in [1.165, 1.54) is 19.2 Å². The van der Waals surface area contributed by atoms with Crippen molar-refractivity contribution < 1.29 is 99.5 Å². The van der Waals surface area contributed by atoms with Crippen molar-refractivity contribution in [3.8, 4) is 0 Å². The van der Waals surface area contributed by atoms with Crippen LogP contribution in [0, 0.1) is 6.92 Å². The number of methoxy groups -OCH3 is 1. The topological polar surface area (TPSA) is 233 Å². The first-order valence-corrected chi connectivity index (χ1v) is 42.4. The van der Waals surface area contributed by atoms with E-state index in [9.17, 15) is 14.4 Å². The average Bonchev–Trinajstić information content (AvgIpc) is 0.746. The molecule has 0 radical (unpaired) electrons. The van der Waals surface area contributed by atoms with Gasteiger partial charge in [-0.2, -0.15) is 0 Å². The number of aryl methyl sites for hydroxylation is 1. The maximum Gasteiger partial charge on any atom is 0.338 e. The third-order valence-corrected chi connectivity index (χ3v) is 26.4. The molecule has 0 bridgehead atoms. The summed E-state index contributed by atoms with van der Waals surface area (Å²) in [5, 5.41) is 1.22. The first-order chi connectivity index (χ1) is 59.1. The zero-order valence-electron chi connectivity index (χ0n) is 67.9. The molecule has 22 heteroatoms. The monoisotopic (exact) mass is 1650 g/mol. The zero-order chi connectivity index (χ0) is 83.9. The second-order valence-electron chi connectivity index (χ2n) is 30.7. The molecule has 3 aliphatic rings. The van der Waals surface area contributed by atoms with Gasteiger partial charge >= 0.3 is 29.8 Å². The lowest BCUT2D eigenvalue weighted by Crippen LogP contribution is -2.69. The molecule has 624 valence electrons. The van der Waals surface area contributed by atoms with Crippen molar-refractivity contribution in [1.29, 1.82) is 0 Å². The Morgan fingerprint density at radius 2 is 0.603 bits per heavy atom. The molecule has 0 spiro atoms. The van der Waals surface area contributed by atoms with Crippen molar-refractivity contribution in [2.75, 3.05) is 26.9 Å². The highest BCUT2D eigenvalue weighted by molar-refractivity contribution is 6.99. The molecule has 0 unspecified atom stereocenters. The molecule has 11 aromatic rings. The molecular formula is C99H98O21Si. The summed E-state index contributed by atoms with van der Waals surface area (Å²) in [7, 11) is -2.30. The Morgan fingerprint density at radius 1 is 0.298 bits per heavy atom. The van der Waals surface area contributed by atoms with Crippen LogP contribution in [0.3, 0.4) is 0 Å². The number of ether oxygens (including phenoxy) is 15. The van der Waals surface area contributed by atoms with Crippen LogP contribution in [0.2, 0.25) is 5.04 Å². The third kappa shape index (κ3) is 21.8. The molecule has 21 nitrogen and oxygen atoms in total. The van der Waals surface area contributed by atoms with Crippen molar-refractivity contribution in [3.05, 3.63) is 383 Å². The van der Waals surface area contributed by atoms with Gasteiger partial charge in [-0.3, -0.25) is 0 Å². The first kappa shape index (κ1) is 85.9. The number of esters is 5. The van der Waals surface area contributed by atoms with E-state index in [-0.39, 0.29) is 67.5 Å². The van der Waals surface area contributed by atoms with Crippen LogP contribution in [-0.2, 0) is 102 Å². The quantitative estimate of drug-likeness (QED) is 0.0207. The van der Waals surface area contributed by atoms with Gasteiger partial charge < -0.3 is 75.5 Å². The Bertz CT molecular complexity index is 5010. The highest BCUT2D eigenvalue weighted by Gasteiger charge is 2.60. The standard InChI is InChI=1S/C99H98O21Si/c1-67-56-58-76(59-57-67)95(104)117-88-85(109-63-71-42-22-9-23-43-71)82(107-61-69-38-18-7-19-39-69)79(64-106-60-68-36-16-6-17-37-68)114-98(88)120-86-83(108-62-70-40-20-8-21-41-70)81(66-111-121(99(2,3)4,77-52-32-14-33-53-77)78-54-34-15-35-55-78)113-97(90(86)119-94(103)75-50-30-13-31-51-75)110-65-80-84(115-91(100)72-44-24-10-25-45-72)87(116-92(101)73-46-26-11-27-47-73)89(96(105-5)112-80)118-93(102)74-48-28-12-29-49-74/h6-59,79-90,96-98H,60-66H2,1-5H3/t79-,80-,81-,82-,83-,84-,85+,86+,87+,88-,89-,90-,96+,97-,98+/m1/s1. The highest BCUT2D eigenvalue weighted by Crippen LogP contribution is 2.42. The third-order valence-electron chi connectivity index (χ3n) is 21.4. The Hall–Kier alpha value is -11.5. The molecule has 0 aromatic heterocycles. The average molecular weight is 1650 g/mol. The predicted molar refractivity (Wildman–Crippen MR) is 452 cm³/mol. The second-order valence-corrected chi connectivity index (χ2v) is 35.0. The SMILES string of the molecule is CO[C@H]1O[C@H](CO[C@@H]2O[C@H](CO[Si](c3ccccc3)(c3ccccc3)C(C)(C)C)[C@@H](OCc3ccccc3)[C@H](O[C@@H]3O[C@H](COCc4ccccc4)[C@@H](OCc4ccccc4)[C@H](OCc4ccccc4)[C@H]3OC(=O)c3ccc(C)cc3)[C@H]2OC(=O)c2ccccc2)[C@@H](OC(=O)c2ccccc2)[C@H](OC(=O)c2ccccc2)[C@H]1OC(=O)c1ccccc1. The van der Waals surface area contributed by atoms with E-state index in [0.717, 1.165) is 38.2 Å². The first-order valence-electron chi connectivity index (χ1n) is 40.5. The van der Waals surface area contributed by atoms with Crippen LogP contribution in [0.4, 0.5) is 0 Å². The van der Waals surface area contributed by atoms with Gasteiger partial charge in [-0.1, -0.05) is 293 Å². The fourth-order valence-corrected chi connectivity index (χ4v) is 19.9. The van der Waals surface area contributed by atoms with E-state index in [1.54, 1.807) is 133 Å². The molecule has 15 atom stereocenters. The summed E-state index contributed by atoms with van der Waals surface area (Å²) in [4.78, 5) is 75.5. The molecule has 3 saturated heterocycles. The molecule has 11 aromatic carbocycles. The van der Waals surface area contributed by atoms with Crippen molar-refractivity contribution >= 4 is 48.5 Å². The van der Waals surface area contributed by atoms with Gasteiger partial charge in [-0.25, -0.2) is 24.0 Å². The summed E-state index contributed by atoms with van der Waals surface area (Å²) in [6.45, 7) is 7.24. The number of carbonyl (C=O) groups is 5. The number of benzene rings is 11. The van der Waals surface area contributed by atoms with Crippen LogP contribution < -0.4 is 10.4 Å². The lowest BCUT2D eigenvalue weighted by atomic mass is 9.95. The van der Waals surface area contributed by atoms with Gasteiger partial charge in [0.2, 0.25) is 0 Å². The summed E-state index contributed by atoms with van der Waals surface area (Å²) in [5.41, 5.74) is 4.66. The van der Waals surface area contributed by atoms with Gasteiger partial charge in [-0.05, 0) is 105 Å². The Morgan fingerprint density at radius 3 is 1.01 bits per heavy atom. The molecular weight excluding hydrogens is 1550 g/mol.